The number of piperidine rings is 1. The van der Waals surface area contributed by atoms with E-state index >= 15 is 0 Å². The maximum atomic E-state index is 12.6. The number of hydrogen-bond donors (Lipinski definition) is 1. The van der Waals surface area contributed by atoms with E-state index in [1.54, 1.807) is 14.1 Å². The molecular formula is C13H25N3O3S. The van der Waals surface area contributed by atoms with Crippen molar-refractivity contribution < 1.29 is 13.2 Å². The zero-order valence-electron chi connectivity index (χ0n) is 12.6. The minimum absolute atomic E-state index is 0.124. The third kappa shape index (κ3) is 2.84. The molecule has 0 bridgehead atoms. The van der Waals surface area contributed by atoms with Crippen LogP contribution in [-0.2, 0) is 14.8 Å². The summed E-state index contributed by atoms with van der Waals surface area (Å²) in [5.74, 6) is -0.351. The number of nitrogens with one attached hydrogen (secondary N) is 1. The standard InChI is InChI=1S/C13H25N3O3S/c1-11(12(17)15(2)3)20(18,19)16-9-6-13(10-16)4-7-14-8-5-13/h11,14H,4-10H2,1-3H3. The fourth-order valence-corrected chi connectivity index (χ4v) is 4.90. The highest BCUT2D eigenvalue weighted by Gasteiger charge is 2.45. The second-order valence-corrected chi connectivity index (χ2v) is 8.51. The summed E-state index contributed by atoms with van der Waals surface area (Å²) in [4.78, 5) is 13.3. The lowest BCUT2D eigenvalue weighted by Gasteiger charge is -2.34. The van der Waals surface area contributed by atoms with Crippen LogP contribution in [0.2, 0.25) is 0 Å². The van der Waals surface area contributed by atoms with Gasteiger partial charge in [0.15, 0.2) is 5.25 Å². The van der Waals surface area contributed by atoms with Crippen LogP contribution in [0.3, 0.4) is 0 Å². The lowest BCUT2D eigenvalue weighted by atomic mass is 9.78. The average Bonchev–Trinajstić information content (AvgIpc) is 2.82. The molecule has 20 heavy (non-hydrogen) atoms. The van der Waals surface area contributed by atoms with E-state index in [4.69, 9.17) is 0 Å². The number of rotatable bonds is 3. The third-order valence-corrected chi connectivity index (χ3v) is 6.79. The Labute approximate surface area is 121 Å². The van der Waals surface area contributed by atoms with Crippen LogP contribution < -0.4 is 5.32 Å². The van der Waals surface area contributed by atoms with Gasteiger partial charge in [0, 0.05) is 27.2 Å². The van der Waals surface area contributed by atoms with E-state index in [-0.39, 0.29) is 11.3 Å². The smallest absolute Gasteiger partial charge is 0.241 e. The molecule has 2 rings (SSSR count). The Morgan fingerprint density at radius 3 is 2.40 bits per heavy atom. The summed E-state index contributed by atoms with van der Waals surface area (Å²) in [6.07, 6.45) is 2.96. The van der Waals surface area contributed by atoms with Gasteiger partial charge in [-0.25, -0.2) is 12.7 Å². The fraction of sp³-hybridized carbons (Fsp3) is 0.923. The molecule has 7 heteroatoms. The van der Waals surface area contributed by atoms with Crippen LogP contribution in [0.15, 0.2) is 0 Å². The lowest BCUT2D eigenvalue weighted by molar-refractivity contribution is -0.128. The maximum Gasteiger partial charge on any atom is 0.241 e. The summed E-state index contributed by atoms with van der Waals surface area (Å²) in [6.45, 7) is 4.53. The summed E-state index contributed by atoms with van der Waals surface area (Å²) in [7, 11) is -0.357. The first-order valence-electron chi connectivity index (χ1n) is 7.19. The van der Waals surface area contributed by atoms with Crippen molar-refractivity contribution in [3.63, 3.8) is 0 Å². The molecule has 116 valence electrons. The van der Waals surface area contributed by atoms with Gasteiger partial charge in [0.25, 0.3) is 0 Å². The zero-order chi connectivity index (χ0) is 15.0. The average molecular weight is 303 g/mol. The molecule has 2 aliphatic heterocycles. The molecule has 1 unspecified atom stereocenters. The van der Waals surface area contributed by atoms with Crippen molar-refractivity contribution in [3.8, 4) is 0 Å². The molecule has 0 aliphatic carbocycles. The number of sulfonamides is 1. The fourth-order valence-electron chi connectivity index (χ4n) is 3.19. The Balaban J connectivity index is 2.10. The number of nitrogens with zero attached hydrogens (tertiary/aromatic N) is 2. The van der Waals surface area contributed by atoms with Gasteiger partial charge in [0.1, 0.15) is 0 Å². The number of hydrogen-bond acceptors (Lipinski definition) is 4. The second-order valence-electron chi connectivity index (χ2n) is 6.25. The molecule has 0 aromatic rings. The predicted octanol–water partition coefficient (Wildman–Crippen LogP) is -0.132. The molecule has 2 aliphatic rings. The molecule has 0 radical (unpaired) electrons. The molecule has 2 saturated heterocycles. The van der Waals surface area contributed by atoms with Gasteiger partial charge in [-0.15, -0.1) is 0 Å². The Morgan fingerprint density at radius 2 is 1.85 bits per heavy atom. The van der Waals surface area contributed by atoms with Crippen LogP contribution in [0.5, 0.6) is 0 Å². The summed E-state index contributed by atoms with van der Waals surface area (Å²) < 4.78 is 26.7. The summed E-state index contributed by atoms with van der Waals surface area (Å²) in [5, 5.41) is 2.33. The van der Waals surface area contributed by atoms with Crippen molar-refractivity contribution >= 4 is 15.9 Å². The van der Waals surface area contributed by atoms with Gasteiger partial charge in [-0.05, 0) is 44.7 Å². The normalized spacial score (nSPS) is 24.8. The summed E-state index contributed by atoms with van der Waals surface area (Å²) in [6, 6.07) is 0. The van der Waals surface area contributed by atoms with Crippen LogP contribution >= 0.6 is 0 Å². The minimum Gasteiger partial charge on any atom is -0.348 e. The highest BCUT2D eigenvalue weighted by Crippen LogP contribution is 2.40. The number of carbonyl (C=O) groups excluding carboxylic acids is 1. The lowest BCUT2D eigenvalue weighted by Crippen LogP contribution is -2.46. The van der Waals surface area contributed by atoms with Gasteiger partial charge < -0.3 is 10.2 Å². The van der Waals surface area contributed by atoms with Crippen LogP contribution in [0, 0.1) is 5.41 Å². The zero-order valence-corrected chi connectivity index (χ0v) is 13.4. The monoisotopic (exact) mass is 303 g/mol. The van der Waals surface area contributed by atoms with Crippen LogP contribution in [0.25, 0.3) is 0 Å². The molecule has 0 aromatic carbocycles. The van der Waals surface area contributed by atoms with Crippen molar-refractivity contribution in [2.24, 2.45) is 5.41 Å². The second kappa shape index (κ2) is 5.61. The van der Waals surface area contributed by atoms with E-state index in [1.165, 1.54) is 16.1 Å². The van der Waals surface area contributed by atoms with Gasteiger partial charge in [0.2, 0.25) is 15.9 Å². The highest BCUT2D eigenvalue weighted by molar-refractivity contribution is 7.90. The molecule has 6 nitrogen and oxygen atoms in total. The molecule has 1 spiro atoms. The first kappa shape index (κ1) is 15.7. The topological polar surface area (TPSA) is 69.7 Å². The van der Waals surface area contributed by atoms with Crippen molar-refractivity contribution in [2.45, 2.75) is 31.4 Å². The highest BCUT2D eigenvalue weighted by atomic mass is 32.2. The van der Waals surface area contributed by atoms with Gasteiger partial charge in [-0.3, -0.25) is 4.79 Å². The minimum atomic E-state index is -3.54. The van der Waals surface area contributed by atoms with E-state index in [0.29, 0.717) is 13.1 Å². The van der Waals surface area contributed by atoms with Crippen molar-refractivity contribution in [3.05, 3.63) is 0 Å². The molecule has 2 heterocycles. The predicted molar refractivity (Wildman–Crippen MR) is 77.8 cm³/mol. The quantitative estimate of drug-likeness (QED) is 0.788. The largest absolute Gasteiger partial charge is 0.348 e. The molecule has 0 aromatic heterocycles. The van der Waals surface area contributed by atoms with Gasteiger partial charge in [0.05, 0.1) is 0 Å². The molecule has 2 fully saturated rings. The number of carbonyl (C=O) groups is 1. The first-order chi connectivity index (χ1) is 9.28. The Kier molecular flexibility index (Phi) is 4.41. The maximum absolute atomic E-state index is 12.6. The number of amides is 1. The summed E-state index contributed by atoms with van der Waals surface area (Å²) in [5.41, 5.74) is 0.124. The Bertz CT molecular complexity index is 469. The SMILES string of the molecule is CC(C(=O)N(C)C)S(=O)(=O)N1CCC2(CCNCC2)C1. The van der Waals surface area contributed by atoms with E-state index in [0.717, 1.165) is 32.4 Å². The molecular weight excluding hydrogens is 278 g/mol. The van der Waals surface area contributed by atoms with Gasteiger partial charge >= 0.3 is 0 Å². The van der Waals surface area contributed by atoms with Crippen molar-refractivity contribution in [1.29, 1.82) is 0 Å². The van der Waals surface area contributed by atoms with E-state index in [2.05, 4.69) is 5.32 Å². The van der Waals surface area contributed by atoms with Gasteiger partial charge in [-0.1, -0.05) is 0 Å². The molecule has 1 amide bonds. The third-order valence-electron chi connectivity index (χ3n) is 4.66. The summed E-state index contributed by atoms with van der Waals surface area (Å²) >= 11 is 0. The van der Waals surface area contributed by atoms with E-state index in [9.17, 15) is 13.2 Å². The van der Waals surface area contributed by atoms with E-state index < -0.39 is 15.3 Å². The van der Waals surface area contributed by atoms with Crippen molar-refractivity contribution in [2.75, 3.05) is 40.3 Å². The van der Waals surface area contributed by atoms with Gasteiger partial charge in [-0.2, -0.15) is 0 Å². The van der Waals surface area contributed by atoms with Crippen molar-refractivity contribution in [1.82, 2.24) is 14.5 Å². The molecule has 1 atom stereocenters. The van der Waals surface area contributed by atoms with Crippen LogP contribution in [0.1, 0.15) is 26.2 Å². The van der Waals surface area contributed by atoms with Crippen LogP contribution in [0.4, 0.5) is 0 Å². The Hall–Kier alpha value is -0.660. The molecule has 1 N–H and O–H groups in total. The first-order valence-corrected chi connectivity index (χ1v) is 8.70. The molecule has 0 saturated carbocycles. The Morgan fingerprint density at radius 1 is 1.25 bits per heavy atom. The van der Waals surface area contributed by atoms with Crippen LogP contribution in [-0.4, -0.2) is 69.1 Å². The van der Waals surface area contributed by atoms with E-state index in [1.807, 2.05) is 0 Å².